The van der Waals surface area contributed by atoms with Crippen LogP contribution in [0.2, 0.25) is 0 Å². The van der Waals surface area contributed by atoms with Gasteiger partial charge in [-0.1, -0.05) is 31.6 Å². The van der Waals surface area contributed by atoms with E-state index in [1.807, 2.05) is 6.92 Å². The van der Waals surface area contributed by atoms with Crippen molar-refractivity contribution in [2.24, 2.45) is 10.2 Å². The summed E-state index contributed by atoms with van der Waals surface area (Å²) in [6.45, 7) is 5.72. The van der Waals surface area contributed by atoms with Gasteiger partial charge in [0.25, 0.3) is 0 Å². The van der Waals surface area contributed by atoms with E-state index in [0.717, 1.165) is 0 Å². The minimum atomic E-state index is -4.59. The minimum absolute atomic E-state index is 0.290. The normalized spacial score (nSPS) is 13.2. The maximum Gasteiger partial charge on any atom is 0.400 e. The van der Waals surface area contributed by atoms with Gasteiger partial charge in [-0.15, -0.1) is 6.58 Å². The molecule has 1 aromatic carbocycles. The molecule has 21 heavy (non-hydrogen) atoms. The van der Waals surface area contributed by atoms with Crippen LogP contribution in [0, 0.1) is 0 Å². The Hall–Kier alpha value is -1.77. The van der Waals surface area contributed by atoms with Crippen LogP contribution >= 0.6 is 0 Å². The van der Waals surface area contributed by atoms with Crippen LogP contribution in [-0.2, 0) is 14.6 Å². The summed E-state index contributed by atoms with van der Waals surface area (Å²) >= 11 is 0. The van der Waals surface area contributed by atoms with Crippen LogP contribution in [0.4, 0.5) is 5.69 Å². The third-order valence-corrected chi connectivity index (χ3v) is 2.72. The van der Waals surface area contributed by atoms with Crippen molar-refractivity contribution >= 4 is 16.1 Å². The van der Waals surface area contributed by atoms with Gasteiger partial charge in [-0.25, -0.2) is 4.18 Å². The number of azo groups is 1. The zero-order chi connectivity index (χ0) is 15.7. The molecule has 1 rings (SSSR count). The van der Waals surface area contributed by atoms with Crippen LogP contribution in [0.5, 0.6) is 5.75 Å². The molecular formula is C13H18N2O5S. The Morgan fingerprint density at radius 3 is 2.76 bits per heavy atom. The largest absolute Gasteiger partial charge is 0.461 e. The molecule has 0 amide bonds. The Labute approximate surface area is 124 Å². The highest BCUT2D eigenvalue weighted by Gasteiger charge is 2.19. The lowest BCUT2D eigenvalue weighted by molar-refractivity contribution is -0.00342. The molecule has 0 fully saturated rings. The summed E-state index contributed by atoms with van der Waals surface area (Å²) in [5.74, 6) is 0.312. The molecule has 0 aliphatic rings. The topological polar surface area (TPSA) is 97.6 Å². The van der Waals surface area contributed by atoms with E-state index in [1.54, 1.807) is 30.3 Å². The Morgan fingerprint density at radius 2 is 2.14 bits per heavy atom. The predicted octanol–water partition coefficient (Wildman–Crippen LogP) is 3.28. The van der Waals surface area contributed by atoms with Crippen molar-refractivity contribution in [3.05, 3.63) is 36.9 Å². The molecule has 0 saturated heterocycles. The van der Waals surface area contributed by atoms with Gasteiger partial charge in [-0.2, -0.15) is 18.6 Å². The molecule has 1 aromatic rings. The Balaban J connectivity index is 2.90. The van der Waals surface area contributed by atoms with Gasteiger partial charge in [-0.05, 0) is 12.1 Å². The fourth-order valence-electron chi connectivity index (χ4n) is 1.45. The lowest BCUT2D eigenvalue weighted by Crippen LogP contribution is -2.24. The number of para-hydroxylation sites is 1. The molecule has 0 saturated carbocycles. The van der Waals surface area contributed by atoms with Gasteiger partial charge >= 0.3 is 10.4 Å². The number of hydrogen-bond acceptors (Lipinski definition) is 6. The fraction of sp³-hybridized carbons (Fsp3) is 0.385. The molecular weight excluding hydrogens is 296 g/mol. The van der Waals surface area contributed by atoms with Gasteiger partial charge in [0, 0.05) is 6.42 Å². The van der Waals surface area contributed by atoms with Crippen molar-refractivity contribution in [2.45, 2.75) is 26.1 Å². The monoisotopic (exact) mass is 314 g/mol. The van der Waals surface area contributed by atoms with Gasteiger partial charge in [0.05, 0.1) is 6.54 Å². The molecule has 116 valence electrons. The highest BCUT2D eigenvalue weighted by molar-refractivity contribution is 7.80. The van der Waals surface area contributed by atoms with E-state index in [9.17, 15) is 8.42 Å². The van der Waals surface area contributed by atoms with E-state index in [1.165, 1.54) is 0 Å². The van der Waals surface area contributed by atoms with E-state index in [0.29, 0.717) is 24.4 Å². The molecule has 0 aliphatic heterocycles. The number of benzene rings is 1. The van der Waals surface area contributed by atoms with Crippen LogP contribution in [-0.4, -0.2) is 25.8 Å². The first-order valence-electron chi connectivity index (χ1n) is 6.36. The van der Waals surface area contributed by atoms with Crippen molar-refractivity contribution in [1.82, 2.24) is 0 Å². The summed E-state index contributed by atoms with van der Waals surface area (Å²) in [7, 11) is -4.59. The number of rotatable bonds is 9. The predicted molar refractivity (Wildman–Crippen MR) is 78.0 cm³/mol. The third kappa shape index (κ3) is 6.98. The highest BCUT2D eigenvalue weighted by atomic mass is 32.3. The van der Waals surface area contributed by atoms with Crippen molar-refractivity contribution in [3.63, 3.8) is 0 Å². The fourth-order valence-corrected chi connectivity index (χ4v) is 1.86. The van der Waals surface area contributed by atoms with E-state index < -0.39 is 16.7 Å². The Kier molecular flexibility index (Phi) is 7.00. The highest BCUT2D eigenvalue weighted by Crippen LogP contribution is 2.29. The lowest BCUT2D eigenvalue weighted by Gasteiger charge is -2.17. The average Bonchev–Trinajstić information content (AvgIpc) is 2.39. The summed E-state index contributed by atoms with van der Waals surface area (Å²) in [6.07, 6.45) is 1.37. The van der Waals surface area contributed by atoms with Gasteiger partial charge < -0.3 is 4.74 Å². The first-order chi connectivity index (χ1) is 9.96. The molecule has 1 unspecified atom stereocenters. The van der Waals surface area contributed by atoms with Crippen LogP contribution in [0.25, 0.3) is 0 Å². The van der Waals surface area contributed by atoms with Crippen LogP contribution in [0.3, 0.4) is 0 Å². The average molecular weight is 314 g/mol. The Morgan fingerprint density at radius 1 is 1.43 bits per heavy atom. The molecule has 7 nitrogen and oxygen atoms in total. The van der Waals surface area contributed by atoms with E-state index >= 15 is 0 Å². The minimum Gasteiger partial charge on any atom is -0.461 e. The van der Waals surface area contributed by atoms with Crippen LogP contribution in [0.15, 0.2) is 47.1 Å². The molecule has 1 atom stereocenters. The molecule has 1 N–H and O–H groups in total. The van der Waals surface area contributed by atoms with Gasteiger partial charge in [-0.3, -0.25) is 4.55 Å². The quantitative estimate of drug-likeness (QED) is 0.326. The number of ether oxygens (including phenoxy) is 1. The van der Waals surface area contributed by atoms with Crippen LogP contribution in [0.1, 0.15) is 19.8 Å². The van der Waals surface area contributed by atoms with Crippen molar-refractivity contribution in [3.8, 4) is 5.75 Å². The van der Waals surface area contributed by atoms with Crippen LogP contribution < -0.4 is 4.74 Å². The second-order valence-electron chi connectivity index (χ2n) is 4.04. The molecule has 0 bridgehead atoms. The molecule has 0 aliphatic carbocycles. The third-order valence-electron chi connectivity index (χ3n) is 2.27. The molecule has 8 heteroatoms. The first kappa shape index (κ1) is 17.3. The van der Waals surface area contributed by atoms with Gasteiger partial charge in [0.15, 0.2) is 0 Å². The number of hydrogen-bond donors (Lipinski definition) is 1. The van der Waals surface area contributed by atoms with Crippen molar-refractivity contribution < 1.29 is 21.9 Å². The standard InChI is InChI=1S/C13H18N2O5S/c1-3-7-13(20-21(16,17)18)19-12-9-6-5-8-11(12)15-14-10-4-2/h4-6,8-9,13H,2-3,7,10H2,1H3,(H,16,17,18). The van der Waals surface area contributed by atoms with Gasteiger partial charge in [0.2, 0.25) is 6.29 Å². The Bertz CT molecular complexity index is 586. The number of nitrogens with zero attached hydrogens (tertiary/aromatic N) is 2. The van der Waals surface area contributed by atoms with Crippen molar-refractivity contribution in [2.75, 3.05) is 6.54 Å². The second kappa shape index (κ2) is 8.50. The molecule has 0 aromatic heterocycles. The maximum atomic E-state index is 10.8. The summed E-state index contributed by atoms with van der Waals surface area (Å²) < 4.78 is 40.3. The SMILES string of the molecule is C=CCN=Nc1ccccc1OC(CCC)OS(=O)(=O)O. The van der Waals surface area contributed by atoms with Crippen molar-refractivity contribution in [1.29, 1.82) is 0 Å². The zero-order valence-corrected chi connectivity index (χ0v) is 12.5. The molecule has 0 spiro atoms. The van der Waals surface area contributed by atoms with Gasteiger partial charge in [0.1, 0.15) is 11.4 Å². The summed E-state index contributed by atoms with van der Waals surface area (Å²) in [6, 6.07) is 6.72. The lowest BCUT2D eigenvalue weighted by atomic mass is 10.3. The smallest absolute Gasteiger partial charge is 0.400 e. The summed E-state index contributed by atoms with van der Waals surface area (Å²) in [5.41, 5.74) is 0.430. The molecule has 0 radical (unpaired) electrons. The molecule has 0 heterocycles. The first-order valence-corrected chi connectivity index (χ1v) is 7.72. The second-order valence-corrected chi connectivity index (χ2v) is 5.09. The van der Waals surface area contributed by atoms with E-state index in [4.69, 9.17) is 9.29 Å². The maximum absolute atomic E-state index is 10.8. The summed E-state index contributed by atoms with van der Waals surface area (Å²) in [5, 5.41) is 7.83. The summed E-state index contributed by atoms with van der Waals surface area (Å²) in [4.78, 5) is 0. The van der Waals surface area contributed by atoms with E-state index in [2.05, 4.69) is 21.0 Å². The zero-order valence-electron chi connectivity index (χ0n) is 11.7. The van der Waals surface area contributed by atoms with E-state index in [-0.39, 0.29) is 6.42 Å².